The van der Waals surface area contributed by atoms with Crippen molar-refractivity contribution in [2.45, 2.75) is 38.3 Å². The summed E-state index contributed by atoms with van der Waals surface area (Å²) in [6, 6.07) is 6.06. The number of amides is 1. The van der Waals surface area contributed by atoms with Crippen molar-refractivity contribution in [2.75, 3.05) is 31.6 Å². The fraction of sp³-hybridized carbons (Fsp3) is 0.524. The fourth-order valence-electron chi connectivity index (χ4n) is 4.58. The summed E-state index contributed by atoms with van der Waals surface area (Å²) in [4.78, 5) is 26.0. The summed E-state index contributed by atoms with van der Waals surface area (Å²) in [6.07, 6.45) is 6.27. The number of hydrogen-bond acceptors (Lipinski definition) is 6. The van der Waals surface area contributed by atoms with Crippen LogP contribution in [0.1, 0.15) is 31.7 Å². The molecule has 2 aromatic rings. The Hall–Kier alpha value is -2.72. The monoisotopic (exact) mass is 378 g/mol. The third kappa shape index (κ3) is 3.52. The Morgan fingerprint density at radius 2 is 2.04 bits per heavy atom. The van der Waals surface area contributed by atoms with Crippen LogP contribution in [0.3, 0.4) is 0 Å². The molecular formula is C21H26N6O. The Labute approximate surface area is 165 Å². The van der Waals surface area contributed by atoms with Gasteiger partial charge in [0.05, 0.1) is 17.3 Å². The van der Waals surface area contributed by atoms with Gasteiger partial charge in [-0.3, -0.25) is 19.7 Å². The molecule has 7 nitrogen and oxygen atoms in total. The number of piperidine rings is 1. The molecule has 0 bridgehead atoms. The van der Waals surface area contributed by atoms with Gasteiger partial charge < -0.3 is 10.2 Å². The van der Waals surface area contributed by atoms with Crippen molar-refractivity contribution in [1.82, 2.24) is 20.2 Å². The third-order valence-corrected chi connectivity index (χ3v) is 5.89. The van der Waals surface area contributed by atoms with Gasteiger partial charge in [-0.15, -0.1) is 0 Å². The molecule has 1 amide bonds. The Bertz CT molecular complexity index is 923. The number of nitrogens with zero attached hydrogens (tertiary/aromatic N) is 5. The maximum absolute atomic E-state index is 12.7. The van der Waals surface area contributed by atoms with Crippen LogP contribution in [0.2, 0.25) is 0 Å². The molecule has 2 aliphatic rings. The normalized spacial score (nSPS) is 25.6. The number of benzene rings is 1. The number of nitrogens with one attached hydrogen (secondary N) is 1. The van der Waals surface area contributed by atoms with Crippen molar-refractivity contribution in [3.05, 3.63) is 30.1 Å². The summed E-state index contributed by atoms with van der Waals surface area (Å²) in [5.41, 5.74) is 2.89. The second kappa shape index (κ2) is 7.72. The van der Waals surface area contributed by atoms with E-state index >= 15 is 0 Å². The number of nitriles is 1. The summed E-state index contributed by atoms with van der Waals surface area (Å²) in [6.45, 7) is 4.84. The molecule has 2 aliphatic heterocycles. The lowest BCUT2D eigenvalue weighted by Crippen LogP contribution is -2.53. The first-order chi connectivity index (χ1) is 13.6. The number of anilines is 1. The zero-order valence-corrected chi connectivity index (χ0v) is 16.4. The van der Waals surface area contributed by atoms with Crippen molar-refractivity contribution in [1.29, 1.82) is 5.26 Å². The molecular weight excluding hydrogens is 352 g/mol. The molecule has 7 heteroatoms. The van der Waals surface area contributed by atoms with Gasteiger partial charge in [0.15, 0.2) is 0 Å². The largest absolute Gasteiger partial charge is 0.367 e. The van der Waals surface area contributed by atoms with Gasteiger partial charge in [-0.1, -0.05) is 6.92 Å². The number of carbonyl (C=O) groups is 1. The van der Waals surface area contributed by atoms with Crippen LogP contribution < -0.4 is 10.2 Å². The molecule has 1 N–H and O–H groups in total. The van der Waals surface area contributed by atoms with Gasteiger partial charge in [0.2, 0.25) is 5.91 Å². The van der Waals surface area contributed by atoms with E-state index in [0.29, 0.717) is 17.0 Å². The van der Waals surface area contributed by atoms with Gasteiger partial charge in [-0.05, 0) is 50.9 Å². The van der Waals surface area contributed by atoms with E-state index in [-0.39, 0.29) is 18.0 Å². The Morgan fingerprint density at radius 3 is 2.75 bits per heavy atom. The van der Waals surface area contributed by atoms with E-state index in [9.17, 15) is 10.1 Å². The molecule has 146 valence electrons. The molecule has 28 heavy (non-hydrogen) atoms. The van der Waals surface area contributed by atoms with Crippen molar-refractivity contribution >= 4 is 22.6 Å². The number of likely N-dealkylation sites (N-methyl/N-ethyl adjacent to an activating group) is 1. The summed E-state index contributed by atoms with van der Waals surface area (Å²) in [5.74, 6) is 0.589. The molecule has 2 saturated heterocycles. The van der Waals surface area contributed by atoms with Gasteiger partial charge in [-0.25, -0.2) is 0 Å². The second-order valence-corrected chi connectivity index (χ2v) is 8.09. The minimum Gasteiger partial charge on any atom is -0.367 e. The number of likely N-dealkylation sites (tertiary alicyclic amines) is 1. The average Bonchev–Trinajstić information content (AvgIpc) is 3.12. The molecule has 0 radical (unpaired) electrons. The van der Waals surface area contributed by atoms with Crippen molar-refractivity contribution in [3.8, 4) is 6.07 Å². The van der Waals surface area contributed by atoms with Crippen LogP contribution in [-0.2, 0) is 4.79 Å². The molecule has 1 aromatic carbocycles. The van der Waals surface area contributed by atoms with Crippen LogP contribution >= 0.6 is 0 Å². The van der Waals surface area contributed by atoms with E-state index in [2.05, 4.69) is 38.1 Å². The molecule has 4 rings (SSSR count). The standard InChI is InChI=1S/C21H26N6O/c1-14-10-16(25-21(28)18-4-3-9-26(18)2)13-27(12-14)17-6-5-15(11-22)19-20(17)24-8-7-23-19/h5-8,14,16,18H,3-4,9-10,12-13H2,1-2H3,(H,25,28)/t14-,16+,18?/m0/s1. The topological polar surface area (TPSA) is 85.2 Å². The smallest absolute Gasteiger partial charge is 0.237 e. The highest BCUT2D eigenvalue weighted by Crippen LogP contribution is 2.30. The van der Waals surface area contributed by atoms with E-state index in [1.807, 2.05) is 19.2 Å². The summed E-state index contributed by atoms with van der Waals surface area (Å²) < 4.78 is 0. The molecule has 1 aromatic heterocycles. The zero-order valence-electron chi connectivity index (χ0n) is 16.4. The van der Waals surface area contributed by atoms with E-state index < -0.39 is 0 Å². The van der Waals surface area contributed by atoms with Crippen LogP contribution in [0.5, 0.6) is 0 Å². The van der Waals surface area contributed by atoms with Gasteiger partial charge in [-0.2, -0.15) is 5.26 Å². The fourth-order valence-corrected chi connectivity index (χ4v) is 4.58. The van der Waals surface area contributed by atoms with Gasteiger partial charge >= 0.3 is 0 Å². The number of aromatic nitrogens is 2. The maximum atomic E-state index is 12.7. The van der Waals surface area contributed by atoms with Crippen LogP contribution in [-0.4, -0.2) is 59.5 Å². The quantitative estimate of drug-likeness (QED) is 0.878. The molecule has 1 unspecified atom stereocenters. The Morgan fingerprint density at radius 1 is 1.25 bits per heavy atom. The minimum atomic E-state index is -0.00714. The Kier molecular flexibility index (Phi) is 5.14. The SMILES string of the molecule is C[C@H]1C[C@@H](NC(=O)C2CCCN2C)CN(c2ccc(C#N)c3nccnc23)C1. The van der Waals surface area contributed by atoms with Gasteiger partial charge in [0.25, 0.3) is 0 Å². The van der Waals surface area contributed by atoms with Crippen molar-refractivity contribution in [2.24, 2.45) is 5.92 Å². The number of rotatable bonds is 3. The predicted octanol–water partition coefficient (Wildman–Crippen LogP) is 1.93. The van der Waals surface area contributed by atoms with Gasteiger partial charge in [0, 0.05) is 31.5 Å². The lowest BCUT2D eigenvalue weighted by molar-refractivity contribution is -0.125. The Balaban J connectivity index is 1.57. The first-order valence-corrected chi connectivity index (χ1v) is 9.96. The van der Waals surface area contributed by atoms with Gasteiger partial charge in [0.1, 0.15) is 17.1 Å². The van der Waals surface area contributed by atoms with E-state index in [1.54, 1.807) is 12.4 Å². The highest BCUT2D eigenvalue weighted by atomic mass is 16.2. The van der Waals surface area contributed by atoms with Crippen LogP contribution in [0.4, 0.5) is 5.69 Å². The lowest BCUT2D eigenvalue weighted by atomic mass is 9.94. The summed E-state index contributed by atoms with van der Waals surface area (Å²) in [7, 11) is 2.02. The van der Waals surface area contributed by atoms with E-state index in [1.165, 1.54) is 0 Å². The third-order valence-electron chi connectivity index (χ3n) is 5.89. The highest BCUT2D eigenvalue weighted by Gasteiger charge is 2.32. The molecule has 3 atom stereocenters. The minimum absolute atomic E-state index is 0.00714. The molecule has 0 spiro atoms. The first kappa shape index (κ1) is 18.6. The maximum Gasteiger partial charge on any atom is 0.237 e. The number of fused-ring (bicyclic) bond motifs is 1. The van der Waals surface area contributed by atoms with E-state index in [0.717, 1.165) is 50.1 Å². The number of hydrogen-bond donors (Lipinski definition) is 1. The zero-order chi connectivity index (χ0) is 19.7. The molecule has 0 aliphatic carbocycles. The lowest BCUT2D eigenvalue weighted by Gasteiger charge is -2.39. The average molecular weight is 378 g/mol. The van der Waals surface area contributed by atoms with Crippen molar-refractivity contribution in [3.63, 3.8) is 0 Å². The van der Waals surface area contributed by atoms with Crippen LogP contribution in [0, 0.1) is 17.2 Å². The van der Waals surface area contributed by atoms with Crippen LogP contribution in [0.25, 0.3) is 11.0 Å². The van der Waals surface area contributed by atoms with Crippen LogP contribution in [0.15, 0.2) is 24.5 Å². The highest BCUT2D eigenvalue weighted by molar-refractivity contribution is 5.92. The number of carbonyl (C=O) groups excluding carboxylic acids is 1. The van der Waals surface area contributed by atoms with Crippen molar-refractivity contribution < 1.29 is 4.79 Å². The first-order valence-electron chi connectivity index (χ1n) is 9.96. The predicted molar refractivity (Wildman–Crippen MR) is 108 cm³/mol. The van der Waals surface area contributed by atoms with E-state index in [4.69, 9.17) is 0 Å². The summed E-state index contributed by atoms with van der Waals surface area (Å²) >= 11 is 0. The molecule has 2 fully saturated rings. The summed E-state index contributed by atoms with van der Waals surface area (Å²) in [5, 5.41) is 12.6. The molecule has 0 saturated carbocycles. The second-order valence-electron chi connectivity index (χ2n) is 8.09. The molecule has 3 heterocycles.